The summed E-state index contributed by atoms with van der Waals surface area (Å²) in [6.07, 6.45) is 7.32. The predicted octanol–water partition coefficient (Wildman–Crippen LogP) is 4.01. The van der Waals surface area contributed by atoms with Crippen LogP contribution in [0.3, 0.4) is 0 Å². The Morgan fingerprint density at radius 2 is 1.91 bits per heavy atom. The largest absolute Gasteiger partial charge is 0.352 e. The van der Waals surface area contributed by atoms with Gasteiger partial charge in [0, 0.05) is 35.3 Å². The Labute approximate surface area is 136 Å². The van der Waals surface area contributed by atoms with Gasteiger partial charge >= 0.3 is 0 Å². The van der Waals surface area contributed by atoms with Crippen molar-refractivity contribution in [3.8, 4) is 11.4 Å². The first-order valence-corrected chi connectivity index (χ1v) is 9.23. The fraction of sp³-hybridized carbons (Fsp3) is 0.444. The second-order valence-corrected chi connectivity index (χ2v) is 7.41. The average Bonchev–Trinajstić information content (AvgIpc) is 2.62. The summed E-state index contributed by atoms with van der Waals surface area (Å²) in [6.45, 7) is 1.11. The van der Waals surface area contributed by atoms with Gasteiger partial charge in [-0.1, -0.05) is 43.2 Å². The van der Waals surface area contributed by atoms with E-state index in [1.807, 2.05) is 24.4 Å². The molecule has 2 aliphatic rings. The predicted molar refractivity (Wildman–Crippen MR) is 93.3 cm³/mol. The highest BCUT2D eigenvalue weighted by atomic mass is 32.2. The minimum atomic E-state index is 0.658. The van der Waals surface area contributed by atoms with E-state index in [0.717, 1.165) is 29.0 Å². The molecule has 4 heteroatoms. The van der Waals surface area contributed by atoms with E-state index >= 15 is 0 Å². The number of fused-ring (bicyclic) bond motifs is 1. The van der Waals surface area contributed by atoms with E-state index in [-0.39, 0.29) is 0 Å². The summed E-state index contributed by atoms with van der Waals surface area (Å²) in [5.41, 5.74) is 1.09. The summed E-state index contributed by atoms with van der Waals surface area (Å²) in [5.74, 6) is 3.15. The van der Waals surface area contributed by atoms with E-state index in [2.05, 4.69) is 39.8 Å². The summed E-state index contributed by atoms with van der Waals surface area (Å²) in [6, 6.07) is 13.0. The lowest BCUT2D eigenvalue weighted by Crippen LogP contribution is -2.49. The zero-order valence-electron chi connectivity index (χ0n) is 12.7. The number of aromatic nitrogens is 2. The molecule has 22 heavy (non-hydrogen) atoms. The molecule has 1 aliphatic carbocycles. The molecule has 2 heterocycles. The number of anilines is 1. The van der Waals surface area contributed by atoms with E-state index in [4.69, 9.17) is 4.98 Å². The molecule has 1 saturated carbocycles. The maximum atomic E-state index is 4.86. The molecule has 114 valence electrons. The summed E-state index contributed by atoms with van der Waals surface area (Å²) in [7, 11) is 0. The molecule has 0 spiro atoms. The lowest BCUT2D eigenvalue weighted by molar-refractivity contribution is 0.420. The van der Waals surface area contributed by atoms with Crippen LogP contribution in [0.15, 0.2) is 42.6 Å². The molecule has 1 aromatic carbocycles. The molecule has 1 aliphatic heterocycles. The lowest BCUT2D eigenvalue weighted by atomic mass is 9.93. The summed E-state index contributed by atoms with van der Waals surface area (Å²) < 4.78 is 0. The highest BCUT2D eigenvalue weighted by Crippen LogP contribution is 2.37. The summed E-state index contributed by atoms with van der Waals surface area (Å²) >= 11 is 2.16. The SMILES string of the molecule is c1ccc(-c2nccc(N3CCS[C@H]4CCCC[C@@H]43)n2)cc1. The Kier molecular flexibility index (Phi) is 4.02. The first-order valence-electron chi connectivity index (χ1n) is 8.18. The second-order valence-electron chi connectivity index (χ2n) is 6.06. The number of nitrogens with zero attached hydrogens (tertiary/aromatic N) is 3. The molecule has 0 N–H and O–H groups in total. The molecule has 2 atom stereocenters. The van der Waals surface area contributed by atoms with Gasteiger partial charge in [0.2, 0.25) is 0 Å². The van der Waals surface area contributed by atoms with Crippen molar-refractivity contribution < 1.29 is 0 Å². The topological polar surface area (TPSA) is 29.0 Å². The van der Waals surface area contributed by atoms with Gasteiger partial charge < -0.3 is 4.90 Å². The highest BCUT2D eigenvalue weighted by Gasteiger charge is 2.34. The average molecular weight is 311 g/mol. The van der Waals surface area contributed by atoms with Crippen LogP contribution >= 0.6 is 11.8 Å². The van der Waals surface area contributed by atoms with Crippen molar-refractivity contribution >= 4 is 17.6 Å². The monoisotopic (exact) mass is 311 g/mol. The first kappa shape index (κ1) is 14.1. The Morgan fingerprint density at radius 3 is 2.82 bits per heavy atom. The maximum Gasteiger partial charge on any atom is 0.161 e. The molecule has 1 saturated heterocycles. The van der Waals surface area contributed by atoms with Crippen LogP contribution in [0, 0.1) is 0 Å². The minimum absolute atomic E-state index is 0.658. The minimum Gasteiger partial charge on any atom is -0.352 e. The van der Waals surface area contributed by atoms with E-state index in [9.17, 15) is 0 Å². The van der Waals surface area contributed by atoms with Crippen molar-refractivity contribution in [1.29, 1.82) is 0 Å². The first-order chi connectivity index (χ1) is 10.9. The fourth-order valence-corrected chi connectivity index (χ4v) is 5.06. The Balaban J connectivity index is 1.64. The standard InChI is InChI=1S/C18H21N3S/c1-2-6-14(7-3-1)18-19-11-10-17(20-18)21-12-13-22-16-9-5-4-8-15(16)21/h1-3,6-7,10-11,15-16H,4-5,8-9,12-13H2/t15-,16-/m0/s1. The third-order valence-electron chi connectivity index (χ3n) is 4.70. The van der Waals surface area contributed by atoms with Crippen LogP contribution < -0.4 is 4.90 Å². The molecule has 3 nitrogen and oxygen atoms in total. The van der Waals surface area contributed by atoms with Crippen LogP contribution in [-0.2, 0) is 0 Å². The Hall–Kier alpha value is -1.55. The van der Waals surface area contributed by atoms with E-state index in [1.54, 1.807) is 0 Å². The fourth-order valence-electron chi connectivity index (χ4n) is 3.62. The molecule has 2 aromatic rings. The number of thioether (sulfide) groups is 1. The molecule has 0 bridgehead atoms. The van der Waals surface area contributed by atoms with Crippen LogP contribution in [0.25, 0.3) is 11.4 Å². The van der Waals surface area contributed by atoms with Crippen molar-refractivity contribution in [2.45, 2.75) is 37.0 Å². The highest BCUT2D eigenvalue weighted by molar-refractivity contribution is 8.00. The van der Waals surface area contributed by atoms with Crippen molar-refractivity contribution in [1.82, 2.24) is 9.97 Å². The Morgan fingerprint density at radius 1 is 1.05 bits per heavy atom. The van der Waals surface area contributed by atoms with Gasteiger partial charge in [-0.2, -0.15) is 11.8 Å². The van der Waals surface area contributed by atoms with Gasteiger partial charge in [0.15, 0.2) is 5.82 Å². The van der Waals surface area contributed by atoms with Crippen molar-refractivity contribution in [3.63, 3.8) is 0 Å². The van der Waals surface area contributed by atoms with Gasteiger partial charge in [0.05, 0.1) is 0 Å². The van der Waals surface area contributed by atoms with Gasteiger partial charge in [0.1, 0.15) is 5.82 Å². The molecular weight excluding hydrogens is 290 g/mol. The summed E-state index contributed by atoms with van der Waals surface area (Å²) in [5, 5.41) is 0.789. The molecule has 2 fully saturated rings. The van der Waals surface area contributed by atoms with Gasteiger partial charge in [-0.3, -0.25) is 0 Å². The third-order valence-corrected chi connectivity index (χ3v) is 6.10. The van der Waals surface area contributed by atoms with Gasteiger partial charge in [0.25, 0.3) is 0 Å². The van der Waals surface area contributed by atoms with E-state index < -0.39 is 0 Å². The lowest BCUT2D eigenvalue weighted by Gasteiger charge is -2.44. The molecule has 4 rings (SSSR count). The van der Waals surface area contributed by atoms with Crippen LogP contribution in [0.4, 0.5) is 5.82 Å². The molecule has 0 unspecified atom stereocenters. The maximum absolute atomic E-state index is 4.86. The smallest absolute Gasteiger partial charge is 0.161 e. The zero-order valence-corrected chi connectivity index (χ0v) is 13.5. The number of hydrogen-bond donors (Lipinski definition) is 0. The number of benzene rings is 1. The normalized spacial score (nSPS) is 24.8. The van der Waals surface area contributed by atoms with Crippen LogP contribution in [0.5, 0.6) is 0 Å². The van der Waals surface area contributed by atoms with Crippen LogP contribution in [-0.4, -0.2) is 33.6 Å². The molecule has 0 amide bonds. The molecular formula is C18H21N3S. The van der Waals surface area contributed by atoms with Gasteiger partial charge in [-0.15, -0.1) is 0 Å². The third kappa shape index (κ3) is 2.72. The van der Waals surface area contributed by atoms with E-state index in [0.29, 0.717) is 6.04 Å². The van der Waals surface area contributed by atoms with Crippen LogP contribution in [0.2, 0.25) is 0 Å². The molecule has 1 aromatic heterocycles. The van der Waals surface area contributed by atoms with Gasteiger partial charge in [-0.25, -0.2) is 9.97 Å². The second kappa shape index (κ2) is 6.29. The number of rotatable bonds is 2. The van der Waals surface area contributed by atoms with Gasteiger partial charge in [-0.05, 0) is 18.9 Å². The van der Waals surface area contributed by atoms with Crippen molar-refractivity contribution in [3.05, 3.63) is 42.6 Å². The summed E-state index contributed by atoms with van der Waals surface area (Å²) in [4.78, 5) is 11.9. The quantitative estimate of drug-likeness (QED) is 0.838. The van der Waals surface area contributed by atoms with Crippen LogP contribution in [0.1, 0.15) is 25.7 Å². The Bertz CT molecular complexity index is 629. The molecule has 0 radical (unpaired) electrons. The zero-order chi connectivity index (χ0) is 14.8. The number of hydrogen-bond acceptors (Lipinski definition) is 4. The van der Waals surface area contributed by atoms with Crippen molar-refractivity contribution in [2.24, 2.45) is 0 Å². The van der Waals surface area contributed by atoms with Crippen molar-refractivity contribution in [2.75, 3.05) is 17.2 Å². The van der Waals surface area contributed by atoms with E-state index in [1.165, 1.54) is 31.4 Å².